The van der Waals surface area contributed by atoms with E-state index >= 15 is 0 Å². The van der Waals surface area contributed by atoms with Crippen molar-refractivity contribution in [1.29, 1.82) is 0 Å². The SMILES string of the molecule is c1ccc(Cc2n[nH]c(CSc3ccccc3)n2)cc1. The zero-order chi connectivity index (χ0) is 13.6. The first-order chi connectivity index (χ1) is 9.90. The van der Waals surface area contributed by atoms with Gasteiger partial charge < -0.3 is 0 Å². The van der Waals surface area contributed by atoms with Crippen molar-refractivity contribution in [3.8, 4) is 0 Å². The van der Waals surface area contributed by atoms with Crippen molar-refractivity contribution in [2.75, 3.05) is 0 Å². The number of thioether (sulfide) groups is 1. The minimum Gasteiger partial charge on any atom is -0.262 e. The van der Waals surface area contributed by atoms with Crippen LogP contribution in [-0.2, 0) is 12.2 Å². The lowest BCUT2D eigenvalue weighted by Crippen LogP contribution is -1.90. The van der Waals surface area contributed by atoms with E-state index in [1.165, 1.54) is 10.5 Å². The lowest BCUT2D eigenvalue weighted by atomic mass is 10.1. The summed E-state index contributed by atoms with van der Waals surface area (Å²) in [5, 5.41) is 7.29. The molecule has 20 heavy (non-hydrogen) atoms. The van der Waals surface area contributed by atoms with Crippen LogP contribution in [-0.4, -0.2) is 15.2 Å². The topological polar surface area (TPSA) is 41.6 Å². The number of H-pyrrole nitrogens is 1. The number of aromatic amines is 1. The molecule has 3 nitrogen and oxygen atoms in total. The molecule has 2 aromatic carbocycles. The molecule has 0 bridgehead atoms. The molecule has 0 radical (unpaired) electrons. The molecular weight excluding hydrogens is 266 g/mol. The van der Waals surface area contributed by atoms with E-state index < -0.39 is 0 Å². The van der Waals surface area contributed by atoms with Crippen molar-refractivity contribution in [3.63, 3.8) is 0 Å². The first kappa shape index (κ1) is 12.9. The van der Waals surface area contributed by atoms with Crippen molar-refractivity contribution < 1.29 is 0 Å². The second kappa shape index (κ2) is 6.39. The standard InChI is InChI=1S/C16H15N3S/c1-3-7-13(8-4-1)11-15-17-16(19-18-15)12-20-14-9-5-2-6-10-14/h1-10H,11-12H2,(H,17,18,19). The van der Waals surface area contributed by atoms with Crippen molar-refractivity contribution in [1.82, 2.24) is 15.2 Å². The number of aromatic nitrogens is 3. The van der Waals surface area contributed by atoms with Crippen LogP contribution in [0.25, 0.3) is 0 Å². The number of rotatable bonds is 5. The highest BCUT2D eigenvalue weighted by Crippen LogP contribution is 2.20. The minimum atomic E-state index is 0.771. The maximum absolute atomic E-state index is 4.53. The van der Waals surface area contributed by atoms with Gasteiger partial charge in [-0.1, -0.05) is 48.5 Å². The fraction of sp³-hybridized carbons (Fsp3) is 0.125. The average Bonchev–Trinajstić information content (AvgIpc) is 2.95. The van der Waals surface area contributed by atoms with Crippen LogP contribution in [0, 0.1) is 0 Å². The predicted octanol–water partition coefficient (Wildman–Crippen LogP) is 3.69. The Hall–Kier alpha value is -2.07. The highest BCUT2D eigenvalue weighted by Gasteiger charge is 2.04. The Balaban J connectivity index is 1.60. The van der Waals surface area contributed by atoms with Gasteiger partial charge >= 0.3 is 0 Å². The lowest BCUT2D eigenvalue weighted by molar-refractivity contribution is 0.968. The van der Waals surface area contributed by atoms with Gasteiger partial charge in [0.25, 0.3) is 0 Å². The van der Waals surface area contributed by atoms with E-state index in [2.05, 4.69) is 39.4 Å². The van der Waals surface area contributed by atoms with Crippen LogP contribution in [0.4, 0.5) is 0 Å². The second-order valence-corrected chi connectivity index (χ2v) is 5.51. The summed E-state index contributed by atoms with van der Waals surface area (Å²) in [6.45, 7) is 0. The number of nitrogens with one attached hydrogen (secondary N) is 1. The first-order valence-electron chi connectivity index (χ1n) is 6.52. The zero-order valence-electron chi connectivity index (χ0n) is 11.0. The molecule has 1 aromatic heterocycles. The Morgan fingerprint density at radius 3 is 2.35 bits per heavy atom. The fourth-order valence-electron chi connectivity index (χ4n) is 1.93. The Labute approximate surface area is 122 Å². The number of hydrogen-bond acceptors (Lipinski definition) is 3. The first-order valence-corrected chi connectivity index (χ1v) is 7.50. The minimum absolute atomic E-state index is 0.771. The molecule has 0 saturated heterocycles. The van der Waals surface area contributed by atoms with Gasteiger partial charge in [-0.15, -0.1) is 11.8 Å². The van der Waals surface area contributed by atoms with Crippen LogP contribution in [0.1, 0.15) is 17.2 Å². The molecule has 1 heterocycles. The molecule has 3 aromatic rings. The Morgan fingerprint density at radius 1 is 0.900 bits per heavy atom. The quantitative estimate of drug-likeness (QED) is 0.725. The van der Waals surface area contributed by atoms with Crippen LogP contribution in [0.2, 0.25) is 0 Å². The Morgan fingerprint density at radius 2 is 1.60 bits per heavy atom. The zero-order valence-corrected chi connectivity index (χ0v) is 11.8. The molecule has 0 aliphatic rings. The number of hydrogen-bond donors (Lipinski definition) is 1. The number of benzene rings is 2. The molecule has 100 valence electrons. The van der Waals surface area contributed by atoms with E-state index in [1.54, 1.807) is 11.8 Å². The van der Waals surface area contributed by atoms with E-state index in [0.717, 1.165) is 23.8 Å². The third-order valence-electron chi connectivity index (χ3n) is 2.90. The van der Waals surface area contributed by atoms with Crippen LogP contribution >= 0.6 is 11.8 Å². The molecule has 3 rings (SSSR count). The third-order valence-corrected chi connectivity index (χ3v) is 3.93. The molecule has 0 aliphatic heterocycles. The summed E-state index contributed by atoms with van der Waals surface area (Å²) < 4.78 is 0. The van der Waals surface area contributed by atoms with E-state index in [4.69, 9.17) is 0 Å². The number of nitrogens with zero attached hydrogens (tertiary/aromatic N) is 2. The smallest absolute Gasteiger partial charge is 0.155 e. The summed E-state index contributed by atoms with van der Waals surface area (Å²) >= 11 is 1.76. The third kappa shape index (κ3) is 3.48. The predicted molar refractivity (Wildman–Crippen MR) is 81.6 cm³/mol. The summed E-state index contributed by atoms with van der Waals surface area (Å²) in [4.78, 5) is 5.78. The summed E-state index contributed by atoms with van der Waals surface area (Å²) in [5.74, 6) is 2.58. The Bertz CT molecular complexity index is 650. The summed E-state index contributed by atoms with van der Waals surface area (Å²) in [6, 6.07) is 20.6. The molecular formula is C16H15N3S. The molecule has 0 unspecified atom stereocenters. The molecule has 0 atom stereocenters. The van der Waals surface area contributed by atoms with E-state index in [9.17, 15) is 0 Å². The fourth-order valence-corrected chi connectivity index (χ4v) is 2.71. The molecule has 0 spiro atoms. The van der Waals surface area contributed by atoms with Gasteiger partial charge in [-0.3, -0.25) is 5.10 Å². The molecule has 1 N–H and O–H groups in total. The van der Waals surface area contributed by atoms with Gasteiger partial charge in [0.05, 0.1) is 5.75 Å². The normalized spacial score (nSPS) is 10.6. The maximum Gasteiger partial charge on any atom is 0.155 e. The highest BCUT2D eigenvalue weighted by atomic mass is 32.2. The van der Waals surface area contributed by atoms with E-state index in [1.807, 2.05) is 36.4 Å². The lowest BCUT2D eigenvalue weighted by Gasteiger charge is -1.97. The highest BCUT2D eigenvalue weighted by molar-refractivity contribution is 7.98. The van der Waals surface area contributed by atoms with Crippen LogP contribution < -0.4 is 0 Å². The van der Waals surface area contributed by atoms with Crippen LogP contribution in [0.3, 0.4) is 0 Å². The van der Waals surface area contributed by atoms with Gasteiger partial charge in [0.2, 0.25) is 0 Å². The molecule has 0 amide bonds. The monoisotopic (exact) mass is 281 g/mol. The van der Waals surface area contributed by atoms with Gasteiger partial charge in [-0.05, 0) is 17.7 Å². The largest absolute Gasteiger partial charge is 0.262 e. The molecule has 0 saturated carbocycles. The maximum atomic E-state index is 4.53. The van der Waals surface area contributed by atoms with Gasteiger partial charge in [0.15, 0.2) is 5.82 Å². The molecule has 0 fully saturated rings. The second-order valence-electron chi connectivity index (χ2n) is 4.46. The van der Waals surface area contributed by atoms with Gasteiger partial charge in [0.1, 0.15) is 5.82 Å². The summed E-state index contributed by atoms with van der Waals surface area (Å²) in [6.07, 6.45) is 0.771. The van der Waals surface area contributed by atoms with Gasteiger partial charge in [0, 0.05) is 11.3 Å². The van der Waals surface area contributed by atoms with Crippen molar-refractivity contribution in [3.05, 3.63) is 77.9 Å². The van der Waals surface area contributed by atoms with Crippen molar-refractivity contribution in [2.24, 2.45) is 0 Å². The van der Waals surface area contributed by atoms with Gasteiger partial charge in [-0.25, -0.2) is 4.98 Å². The summed E-state index contributed by atoms with van der Waals surface area (Å²) in [7, 11) is 0. The van der Waals surface area contributed by atoms with Crippen molar-refractivity contribution >= 4 is 11.8 Å². The van der Waals surface area contributed by atoms with Crippen LogP contribution in [0.5, 0.6) is 0 Å². The average molecular weight is 281 g/mol. The van der Waals surface area contributed by atoms with Crippen LogP contribution in [0.15, 0.2) is 65.6 Å². The Kier molecular flexibility index (Phi) is 4.13. The summed E-state index contributed by atoms with van der Waals surface area (Å²) in [5.41, 5.74) is 1.23. The van der Waals surface area contributed by atoms with E-state index in [0.29, 0.717) is 0 Å². The van der Waals surface area contributed by atoms with Gasteiger partial charge in [-0.2, -0.15) is 5.10 Å². The molecule has 0 aliphatic carbocycles. The molecule has 4 heteroatoms. The van der Waals surface area contributed by atoms with E-state index in [-0.39, 0.29) is 0 Å². The van der Waals surface area contributed by atoms with Crippen molar-refractivity contribution in [2.45, 2.75) is 17.1 Å².